The average Bonchev–Trinajstić information content (AvgIpc) is 2.76. The Bertz CT molecular complexity index is 699. The Hall–Kier alpha value is -1.59. The molecule has 0 atom stereocenters. The van der Waals surface area contributed by atoms with Crippen molar-refractivity contribution in [1.82, 2.24) is 4.90 Å². The first kappa shape index (κ1) is 17.2. The molecule has 0 bridgehead atoms. The molecule has 0 aromatic heterocycles. The Labute approximate surface area is 150 Å². The van der Waals surface area contributed by atoms with Crippen LogP contribution < -0.4 is 5.32 Å². The fourth-order valence-corrected chi connectivity index (χ4v) is 3.86. The fraction of sp³-hybridized carbons (Fsp3) is 0.471. The molecule has 7 heteroatoms. The maximum Gasteiger partial charge on any atom is 0.244 e. The van der Waals surface area contributed by atoms with Gasteiger partial charge in [0.05, 0.1) is 15.5 Å². The number of imide groups is 1. The lowest BCUT2D eigenvalue weighted by molar-refractivity contribution is -0.144. The number of rotatable bonds is 3. The number of likely N-dealkylation sites (tertiary alicyclic amines) is 1. The molecule has 0 radical (unpaired) electrons. The van der Waals surface area contributed by atoms with E-state index >= 15 is 0 Å². The molecule has 3 amide bonds. The van der Waals surface area contributed by atoms with Crippen LogP contribution in [0.25, 0.3) is 0 Å². The van der Waals surface area contributed by atoms with E-state index in [-0.39, 0.29) is 24.8 Å². The zero-order chi connectivity index (χ0) is 17.3. The highest BCUT2D eigenvalue weighted by Crippen LogP contribution is 2.45. The van der Waals surface area contributed by atoms with Gasteiger partial charge in [0.15, 0.2) is 0 Å². The molecule has 1 spiro atoms. The van der Waals surface area contributed by atoms with Gasteiger partial charge in [-0.25, -0.2) is 0 Å². The van der Waals surface area contributed by atoms with Crippen molar-refractivity contribution in [1.29, 1.82) is 0 Å². The highest BCUT2D eigenvalue weighted by Gasteiger charge is 2.51. The fourth-order valence-electron chi connectivity index (χ4n) is 3.56. The molecule has 1 aromatic carbocycles. The minimum Gasteiger partial charge on any atom is -0.324 e. The second kappa shape index (κ2) is 6.73. The Morgan fingerprint density at radius 3 is 2.50 bits per heavy atom. The zero-order valence-electron chi connectivity index (χ0n) is 13.1. The third-order valence-corrected chi connectivity index (χ3v) is 5.54. The molecule has 1 aliphatic heterocycles. The highest BCUT2D eigenvalue weighted by molar-refractivity contribution is 6.42. The number of hydrogen-bond donors (Lipinski definition) is 1. The van der Waals surface area contributed by atoms with E-state index in [1.54, 1.807) is 12.1 Å². The molecule has 1 N–H and O–H groups in total. The smallest absolute Gasteiger partial charge is 0.244 e. The summed E-state index contributed by atoms with van der Waals surface area (Å²) in [6.45, 7) is -0.264. The molecular formula is C17H18Cl2N2O3. The molecule has 1 heterocycles. The topological polar surface area (TPSA) is 66.5 Å². The van der Waals surface area contributed by atoms with Gasteiger partial charge in [-0.2, -0.15) is 0 Å². The summed E-state index contributed by atoms with van der Waals surface area (Å²) < 4.78 is 0. The molecule has 1 saturated carbocycles. The van der Waals surface area contributed by atoms with Crippen LogP contribution >= 0.6 is 23.2 Å². The Morgan fingerprint density at radius 2 is 1.83 bits per heavy atom. The van der Waals surface area contributed by atoms with Gasteiger partial charge in [0.25, 0.3) is 0 Å². The minimum absolute atomic E-state index is 0.198. The van der Waals surface area contributed by atoms with E-state index in [9.17, 15) is 14.4 Å². The third-order valence-electron chi connectivity index (χ3n) is 4.81. The molecule has 1 aromatic rings. The van der Waals surface area contributed by atoms with Crippen molar-refractivity contribution in [3.63, 3.8) is 0 Å². The number of halogens is 2. The van der Waals surface area contributed by atoms with Crippen LogP contribution in [0.3, 0.4) is 0 Å². The molecule has 1 aliphatic carbocycles. The van der Waals surface area contributed by atoms with Crippen LogP contribution in [0.4, 0.5) is 5.69 Å². The van der Waals surface area contributed by atoms with Crippen LogP contribution in [0.1, 0.15) is 38.5 Å². The number of hydrogen-bond acceptors (Lipinski definition) is 3. The first-order chi connectivity index (χ1) is 11.4. The number of carbonyl (C=O) groups is 3. The molecule has 128 valence electrons. The van der Waals surface area contributed by atoms with E-state index in [1.807, 2.05) is 0 Å². The van der Waals surface area contributed by atoms with E-state index in [0.717, 1.165) is 37.0 Å². The van der Waals surface area contributed by atoms with Crippen molar-refractivity contribution in [3.05, 3.63) is 28.2 Å². The van der Waals surface area contributed by atoms with Crippen LogP contribution in [-0.4, -0.2) is 29.2 Å². The maximum absolute atomic E-state index is 12.7. The van der Waals surface area contributed by atoms with Gasteiger partial charge in [-0.3, -0.25) is 19.3 Å². The van der Waals surface area contributed by atoms with Crippen molar-refractivity contribution in [2.75, 3.05) is 11.9 Å². The molecule has 0 unspecified atom stereocenters. The van der Waals surface area contributed by atoms with Gasteiger partial charge < -0.3 is 5.32 Å². The number of benzene rings is 1. The standard InChI is InChI=1S/C17H18Cl2N2O3/c18-12-5-4-11(8-13(12)19)20-14(22)10-21-15(23)9-17(16(21)24)6-2-1-3-7-17/h4-5,8H,1-3,6-7,9-10H2,(H,20,22). The predicted molar refractivity (Wildman–Crippen MR) is 91.9 cm³/mol. The monoisotopic (exact) mass is 368 g/mol. The zero-order valence-corrected chi connectivity index (χ0v) is 14.6. The molecule has 1 saturated heterocycles. The molecule has 24 heavy (non-hydrogen) atoms. The van der Waals surface area contributed by atoms with Gasteiger partial charge in [-0.05, 0) is 31.0 Å². The minimum atomic E-state index is -0.570. The highest BCUT2D eigenvalue weighted by atomic mass is 35.5. The second-order valence-corrected chi connectivity index (χ2v) is 7.29. The first-order valence-corrected chi connectivity index (χ1v) is 8.77. The Balaban J connectivity index is 1.66. The van der Waals surface area contributed by atoms with E-state index in [1.165, 1.54) is 6.07 Å². The lowest BCUT2D eigenvalue weighted by Crippen LogP contribution is -2.41. The Kier molecular flexibility index (Phi) is 4.83. The predicted octanol–water partition coefficient (Wildman–Crippen LogP) is 3.64. The molecule has 3 rings (SSSR count). The van der Waals surface area contributed by atoms with Gasteiger partial charge in [-0.15, -0.1) is 0 Å². The van der Waals surface area contributed by atoms with Crippen molar-refractivity contribution < 1.29 is 14.4 Å². The van der Waals surface area contributed by atoms with Crippen molar-refractivity contribution in [2.45, 2.75) is 38.5 Å². The SMILES string of the molecule is O=C(CN1C(=O)CC2(CCCCC2)C1=O)Nc1ccc(Cl)c(Cl)c1. The van der Waals surface area contributed by atoms with Gasteiger partial charge in [-0.1, -0.05) is 42.5 Å². The van der Waals surface area contributed by atoms with Gasteiger partial charge >= 0.3 is 0 Å². The summed E-state index contributed by atoms with van der Waals surface area (Å²) in [6, 6.07) is 4.71. The van der Waals surface area contributed by atoms with Crippen molar-refractivity contribution >= 4 is 46.6 Å². The van der Waals surface area contributed by atoms with Crippen molar-refractivity contribution in [3.8, 4) is 0 Å². The summed E-state index contributed by atoms with van der Waals surface area (Å²) in [5.41, 5.74) is -0.0972. The van der Waals surface area contributed by atoms with E-state index < -0.39 is 11.3 Å². The van der Waals surface area contributed by atoms with Crippen LogP contribution in [0.15, 0.2) is 18.2 Å². The number of carbonyl (C=O) groups excluding carboxylic acids is 3. The summed E-state index contributed by atoms with van der Waals surface area (Å²) in [5.74, 6) is -0.884. The van der Waals surface area contributed by atoms with Crippen LogP contribution in [0.2, 0.25) is 10.0 Å². The van der Waals surface area contributed by atoms with E-state index in [2.05, 4.69) is 5.32 Å². The quantitative estimate of drug-likeness (QED) is 0.828. The van der Waals surface area contributed by atoms with Gasteiger partial charge in [0.1, 0.15) is 6.54 Å². The summed E-state index contributed by atoms with van der Waals surface area (Å²) in [5, 5.41) is 3.35. The van der Waals surface area contributed by atoms with E-state index in [0.29, 0.717) is 15.7 Å². The Morgan fingerprint density at radius 1 is 1.12 bits per heavy atom. The van der Waals surface area contributed by atoms with Crippen LogP contribution in [0, 0.1) is 5.41 Å². The second-order valence-electron chi connectivity index (χ2n) is 6.48. The largest absolute Gasteiger partial charge is 0.324 e. The number of nitrogens with one attached hydrogen (secondary N) is 1. The molecule has 5 nitrogen and oxygen atoms in total. The van der Waals surface area contributed by atoms with Crippen LogP contribution in [0.5, 0.6) is 0 Å². The first-order valence-electron chi connectivity index (χ1n) is 8.01. The average molecular weight is 369 g/mol. The van der Waals surface area contributed by atoms with Crippen molar-refractivity contribution in [2.24, 2.45) is 5.41 Å². The van der Waals surface area contributed by atoms with Gasteiger partial charge in [0, 0.05) is 12.1 Å². The van der Waals surface area contributed by atoms with Gasteiger partial charge in [0.2, 0.25) is 17.7 Å². The molecular weight excluding hydrogens is 351 g/mol. The summed E-state index contributed by atoms with van der Waals surface area (Å²) >= 11 is 11.7. The lowest BCUT2D eigenvalue weighted by atomic mass is 9.73. The molecule has 2 fully saturated rings. The number of amides is 3. The summed E-state index contributed by atoms with van der Waals surface area (Å²) in [6.07, 6.45) is 4.72. The molecule has 2 aliphatic rings. The van der Waals surface area contributed by atoms with E-state index in [4.69, 9.17) is 23.2 Å². The summed E-state index contributed by atoms with van der Waals surface area (Å²) in [4.78, 5) is 38.2. The third kappa shape index (κ3) is 3.28. The summed E-state index contributed by atoms with van der Waals surface area (Å²) in [7, 11) is 0. The van der Waals surface area contributed by atoms with Crippen LogP contribution in [-0.2, 0) is 14.4 Å². The lowest BCUT2D eigenvalue weighted by Gasteiger charge is -2.30. The number of anilines is 1. The number of nitrogens with zero attached hydrogens (tertiary/aromatic N) is 1. The maximum atomic E-state index is 12.7. The normalized spacial score (nSPS) is 19.8.